The number of aromatic nitrogens is 2. The monoisotopic (exact) mass is 500 g/mol. The Bertz CT molecular complexity index is 899. The molecule has 1 N–H and O–H groups in total. The van der Waals surface area contributed by atoms with Gasteiger partial charge in [0.2, 0.25) is 0 Å². The number of esters is 1. The minimum Gasteiger partial charge on any atom is -0.479 e. The molecule has 1 aromatic carbocycles. The molecule has 1 heterocycles. The number of methoxy groups -OCH3 is 1. The molecule has 0 aliphatic carbocycles. The molecule has 0 aliphatic heterocycles. The van der Waals surface area contributed by atoms with E-state index in [4.69, 9.17) is 16.3 Å². The molecule has 0 radical (unpaired) electrons. The Morgan fingerprint density at radius 2 is 1.97 bits per heavy atom. The van der Waals surface area contributed by atoms with Crippen molar-refractivity contribution in [3.63, 3.8) is 0 Å². The van der Waals surface area contributed by atoms with Crippen molar-refractivity contribution in [1.29, 1.82) is 0 Å². The van der Waals surface area contributed by atoms with Gasteiger partial charge in [0.1, 0.15) is 0 Å². The van der Waals surface area contributed by atoms with Crippen LogP contribution in [0.25, 0.3) is 0 Å². The van der Waals surface area contributed by atoms with E-state index in [1.165, 1.54) is 25.1 Å². The average Bonchev–Trinajstić information content (AvgIpc) is 2.64. The number of hydrogen-bond donors (Lipinski definition) is 1. The fourth-order valence-electron chi connectivity index (χ4n) is 2.08. The number of amides is 1. The first kappa shape index (κ1) is 23.1. The summed E-state index contributed by atoms with van der Waals surface area (Å²) < 4.78 is 10.4. The molecule has 29 heavy (non-hydrogen) atoms. The van der Waals surface area contributed by atoms with Crippen LogP contribution in [0, 0.1) is 13.8 Å². The third-order valence-electron chi connectivity index (χ3n) is 3.28. The van der Waals surface area contributed by atoms with Gasteiger partial charge in [-0.2, -0.15) is 5.10 Å². The van der Waals surface area contributed by atoms with E-state index in [-0.39, 0.29) is 23.3 Å². The maximum absolute atomic E-state index is 11.9. The van der Waals surface area contributed by atoms with Crippen molar-refractivity contribution in [3.8, 4) is 5.75 Å². The van der Waals surface area contributed by atoms with E-state index in [2.05, 4.69) is 41.2 Å². The topological polar surface area (TPSA) is 103 Å². The van der Waals surface area contributed by atoms with Gasteiger partial charge in [-0.25, -0.2) is 20.2 Å². The van der Waals surface area contributed by atoms with Crippen molar-refractivity contribution in [2.45, 2.75) is 19.0 Å². The molecule has 154 valence electrons. The number of carbonyl (C=O) groups excluding carboxylic acids is 2. The van der Waals surface area contributed by atoms with Gasteiger partial charge in [0.15, 0.2) is 17.5 Å². The molecule has 8 nitrogen and oxygen atoms in total. The minimum absolute atomic E-state index is 0.130. The summed E-state index contributed by atoms with van der Waals surface area (Å²) in [6.45, 7) is 3.48. The zero-order valence-corrected chi connectivity index (χ0v) is 19.0. The molecule has 2 aromatic rings. The normalized spacial score (nSPS) is 10.8. The lowest BCUT2D eigenvalue weighted by molar-refractivity contribution is -0.142. The van der Waals surface area contributed by atoms with Gasteiger partial charge in [-0.3, -0.25) is 4.79 Å². The SMILES string of the molecule is COC(=O)COc1c(Cl)cc(/C=N\NC(=O)CSc2nc(C)cc(C)n2)cc1Br. The highest BCUT2D eigenvalue weighted by Crippen LogP contribution is 2.34. The molecule has 0 atom stereocenters. The quantitative estimate of drug-likeness (QED) is 0.195. The van der Waals surface area contributed by atoms with Gasteiger partial charge in [0, 0.05) is 11.4 Å². The fraction of sp³-hybridized carbons (Fsp3) is 0.278. The summed E-state index contributed by atoms with van der Waals surface area (Å²) in [4.78, 5) is 31.7. The summed E-state index contributed by atoms with van der Waals surface area (Å²) in [7, 11) is 1.27. The largest absolute Gasteiger partial charge is 0.479 e. The molecule has 0 fully saturated rings. The van der Waals surface area contributed by atoms with E-state index >= 15 is 0 Å². The van der Waals surface area contributed by atoms with Gasteiger partial charge < -0.3 is 9.47 Å². The first-order valence-corrected chi connectivity index (χ1v) is 10.4. The number of aryl methyl sites for hydroxylation is 2. The van der Waals surface area contributed by atoms with Crippen LogP contribution in [0.1, 0.15) is 17.0 Å². The van der Waals surface area contributed by atoms with Gasteiger partial charge in [0.25, 0.3) is 5.91 Å². The molecule has 2 rings (SSSR count). The summed E-state index contributed by atoms with van der Waals surface area (Å²) in [5.41, 5.74) is 4.75. The first-order valence-electron chi connectivity index (χ1n) is 8.24. The van der Waals surface area contributed by atoms with E-state index in [0.717, 1.165) is 11.4 Å². The Kier molecular flexibility index (Phi) is 8.87. The number of nitrogens with zero attached hydrogens (tertiary/aromatic N) is 3. The van der Waals surface area contributed by atoms with Crippen LogP contribution in [0.2, 0.25) is 5.02 Å². The van der Waals surface area contributed by atoms with Crippen molar-refractivity contribution in [2.75, 3.05) is 19.5 Å². The predicted octanol–water partition coefficient (Wildman–Crippen LogP) is 3.30. The summed E-state index contributed by atoms with van der Waals surface area (Å²) >= 11 is 10.7. The third kappa shape index (κ3) is 7.64. The highest BCUT2D eigenvalue weighted by atomic mass is 79.9. The maximum Gasteiger partial charge on any atom is 0.343 e. The average molecular weight is 502 g/mol. The second-order valence-corrected chi connectivity index (χ2v) is 7.90. The zero-order valence-electron chi connectivity index (χ0n) is 15.9. The molecule has 0 aliphatic rings. The lowest BCUT2D eigenvalue weighted by atomic mass is 10.2. The molecule has 0 spiro atoms. The van der Waals surface area contributed by atoms with Crippen LogP contribution in [0.15, 0.2) is 32.9 Å². The van der Waals surface area contributed by atoms with E-state index in [1.54, 1.807) is 12.1 Å². The summed E-state index contributed by atoms with van der Waals surface area (Å²) in [6.07, 6.45) is 1.44. The van der Waals surface area contributed by atoms with Gasteiger partial charge in [-0.1, -0.05) is 23.4 Å². The predicted molar refractivity (Wildman–Crippen MR) is 115 cm³/mol. The Morgan fingerprint density at radius 1 is 1.28 bits per heavy atom. The van der Waals surface area contributed by atoms with Gasteiger partial charge in [-0.15, -0.1) is 0 Å². The van der Waals surface area contributed by atoms with Crippen LogP contribution < -0.4 is 10.2 Å². The van der Waals surface area contributed by atoms with Crippen LogP contribution in [0.4, 0.5) is 0 Å². The fourth-order valence-corrected chi connectivity index (χ4v) is 3.81. The number of rotatable bonds is 8. The lowest BCUT2D eigenvalue weighted by Crippen LogP contribution is -2.19. The molecular weight excluding hydrogens is 484 g/mol. The number of nitrogens with one attached hydrogen (secondary N) is 1. The molecule has 0 saturated heterocycles. The van der Waals surface area contributed by atoms with E-state index in [1.807, 2.05) is 19.9 Å². The van der Waals surface area contributed by atoms with Crippen molar-refractivity contribution < 1.29 is 19.1 Å². The molecule has 11 heteroatoms. The summed E-state index contributed by atoms with van der Waals surface area (Å²) in [6, 6.07) is 5.14. The lowest BCUT2D eigenvalue weighted by Gasteiger charge is -2.09. The van der Waals surface area contributed by atoms with Crippen molar-refractivity contribution >= 4 is 57.4 Å². The molecule has 0 unspecified atom stereocenters. The number of hydrazone groups is 1. The number of hydrogen-bond acceptors (Lipinski definition) is 8. The van der Waals surface area contributed by atoms with Crippen LogP contribution in [-0.2, 0) is 14.3 Å². The Hall–Kier alpha value is -2.17. The number of benzene rings is 1. The van der Waals surface area contributed by atoms with Crippen molar-refractivity contribution in [3.05, 3.63) is 44.6 Å². The summed E-state index contributed by atoms with van der Waals surface area (Å²) in [5, 5.41) is 4.73. The van der Waals surface area contributed by atoms with Crippen molar-refractivity contribution in [2.24, 2.45) is 5.10 Å². The molecular formula is C18H18BrClN4O4S. The van der Waals surface area contributed by atoms with Gasteiger partial charge in [0.05, 0.1) is 28.6 Å². The van der Waals surface area contributed by atoms with Crippen LogP contribution in [0.5, 0.6) is 5.75 Å². The second-order valence-electron chi connectivity index (χ2n) is 5.69. The number of halogens is 2. The number of thioether (sulfide) groups is 1. The minimum atomic E-state index is -0.523. The van der Waals surface area contributed by atoms with Gasteiger partial charge in [-0.05, 0) is 53.5 Å². The number of ether oxygens (including phenoxy) is 2. The standard InChI is InChI=1S/C18H18BrClN4O4S/c1-10-4-11(2)23-18(22-10)29-9-15(25)24-21-7-12-5-13(19)17(14(20)6-12)28-8-16(26)27-3/h4-7H,8-9H2,1-3H3,(H,24,25)/b21-7-. The summed E-state index contributed by atoms with van der Waals surface area (Å²) in [5.74, 6) is -0.379. The van der Waals surface area contributed by atoms with Crippen molar-refractivity contribution in [1.82, 2.24) is 15.4 Å². The van der Waals surface area contributed by atoms with Gasteiger partial charge >= 0.3 is 5.97 Å². The third-order valence-corrected chi connectivity index (χ3v) is 5.00. The zero-order chi connectivity index (χ0) is 21.4. The Labute approximate surface area is 185 Å². The number of carbonyl (C=O) groups is 2. The second kappa shape index (κ2) is 11.1. The highest BCUT2D eigenvalue weighted by Gasteiger charge is 2.11. The van der Waals surface area contributed by atoms with Crippen LogP contribution in [0.3, 0.4) is 0 Å². The highest BCUT2D eigenvalue weighted by molar-refractivity contribution is 9.10. The van der Waals surface area contributed by atoms with E-state index in [9.17, 15) is 9.59 Å². The van der Waals surface area contributed by atoms with E-state index in [0.29, 0.717) is 20.9 Å². The van der Waals surface area contributed by atoms with E-state index < -0.39 is 5.97 Å². The molecule has 1 amide bonds. The molecule has 0 saturated carbocycles. The van der Waals surface area contributed by atoms with Crippen LogP contribution >= 0.6 is 39.3 Å². The smallest absolute Gasteiger partial charge is 0.343 e. The Morgan fingerprint density at radius 3 is 2.59 bits per heavy atom. The molecule has 0 bridgehead atoms. The maximum atomic E-state index is 11.9. The first-order chi connectivity index (χ1) is 13.8. The molecule has 1 aromatic heterocycles. The van der Waals surface area contributed by atoms with Crippen LogP contribution in [-0.4, -0.2) is 47.5 Å². The Balaban J connectivity index is 1.90.